The molecule has 0 fully saturated rings. The fraction of sp³-hybridized carbons (Fsp3) is 0.192. The Labute approximate surface area is 217 Å². The summed E-state index contributed by atoms with van der Waals surface area (Å²) in [5.41, 5.74) is 4.95. The topological polar surface area (TPSA) is 99.0 Å². The molecule has 0 spiro atoms. The molecule has 0 radical (unpaired) electrons. The van der Waals surface area contributed by atoms with Crippen LogP contribution < -0.4 is 5.32 Å². The Morgan fingerprint density at radius 1 is 1.22 bits per heavy atom. The van der Waals surface area contributed by atoms with Crippen LogP contribution in [-0.4, -0.2) is 44.5 Å². The normalized spacial score (nSPS) is 10.8. The van der Waals surface area contributed by atoms with E-state index in [1.165, 1.54) is 30.2 Å². The smallest absolute Gasteiger partial charge is 0.341 e. The number of aromatic nitrogens is 4. The van der Waals surface area contributed by atoms with Crippen LogP contribution in [0.3, 0.4) is 0 Å². The Hall–Kier alpha value is -3.76. The van der Waals surface area contributed by atoms with Crippen LogP contribution in [0.4, 0.5) is 5.00 Å². The van der Waals surface area contributed by atoms with Gasteiger partial charge in [0.2, 0.25) is 5.91 Å². The Kier molecular flexibility index (Phi) is 7.97. The molecular weight excluding hydrogens is 494 g/mol. The van der Waals surface area contributed by atoms with Gasteiger partial charge in [-0.3, -0.25) is 14.3 Å². The first kappa shape index (κ1) is 25.3. The molecule has 184 valence electrons. The number of nitrogens with zero attached hydrogens (tertiary/aromatic N) is 4. The number of hydrogen-bond acceptors (Lipinski definition) is 8. The Balaban J connectivity index is 1.54. The van der Waals surface area contributed by atoms with Crippen LogP contribution in [0.2, 0.25) is 0 Å². The average Bonchev–Trinajstić information content (AvgIpc) is 3.48. The molecule has 0 bridgehead atoms. The van der Waals surface area contributed by atoms with E-state index in [2.05, 4.69) is 27.1 Å². The number of benzene rings is 1. The first-order valence-corrected chi connectivity index (χ1v) is 12.9. The van der Waals surface area contributed by atoms with Crippen molar-refractivity contribution in [3.63, 3.8) is 0 Å². The Morgan fingerprint density at radius 2 is 2.06 bits per heavy atom. The second-order valence-corrected chi connectivity index (χ2v) is 9.77. The summed E-state index contributed by atoms with van der Waals surface area (Å²) in [7, 11) is 1.33. The third-order valence-corrected chi connectivity index (χ3v) is 7.26. The molecule has 0 atom stereocenters. The molecule has 3 aromatic heterocycles. The van der Waals surface area contributed by atoms with E-state index in [1.54, 1.807) is 18.5 Å². The van der Waals surface area contributed by atoms with Crippen LogP contribution in [0, 0.1) is 13.8 Å². The number of allylic oxidation sites excluding steroid dienone is 1. The van der Waals surface area contributed by atoms with Gasteiger partial charge in [0, 0.05) is 35.4 Å². The van der Waals surface area contributed by atoms with Gasteiger partial charge in [-0.15, -0.1) is 28.1 Å². The molecule has 36 heavy (non-hydrogen) atoms. The molecule has 4 aromatic rings. The lowest BCUT2D eigenvalue weighted by molar-refractivity contribution is -0.113. The maximum Gasteiger partial charge on any atom is 0.341 e. The largest absolute Gasteiger partial charge is 0.465 e. The average molecular weight is 520 g/mol. The van der Waals surface area contributed by atoms with Crippen molar-refractivity contribution < 1.29 is 14.3 Å². The molecular formula is C26H25N5O3S2. The standard InChI is InChI=1S/C26H25N5O3S2/c1-5-11-31-23(18-7-6-10-27-13-18)29-30-26(31)36-15-21(32)28-24-22(25(33)34-4)20(14-35-24)19-12-16(2)8-9-17(19)3/h5-10,12-14H,1,11,15H2,2-4H3,(H,28,32). The Morgan fingerprint density at radius 3 is 2.78 bits per heavy atom. The first-order valence-electron chi connectivity index (χ1n) is 11.1. The van der Waals surface area contributed by atoms with Crippen molar-refractivity contribution in [2.45, 2.75) is 25.5 Å². The van der Waals surface area contributed by atoms with E-state index in [0.717, 1.165) is 27.8 Å². The van der Waals surface area contributed by atoms with Gasteiger partial charge >= 0.3 is 5.97 Å². The lowest BCUT2D eigenvalue weighted by Gasteiger charge is -2.10. The number of esters is 1. The first-order chi connectivity index (χ1) is 17.4. The minimum absolute atomic E-state index is 0.0830. The summed E-state index contributed by atoms with van der Waals surface area (Å²) in [6.45, 7) is 8.28. The zero-order valence-electron chi connectivity index (χ0n) is 20.1. The molecule has 0 aliphatic carbocycles. The molecule has 1 amide bonds. The van der Waals surface area contributed by atoms with Crippen LogP contribution >= 0.6 is 23.1 Å². The number of methoxy groups -OCH3 is 1. The van der Waals surface area contributed by atoms with Gasteiger partial charge in [0.1, 0.15) is 10.6 Å². The van der Waals surface area contributed by atoms with Crippen LogP contribution in [0.5, 0.6) is 0 Å². The van der Waals surface area contributed by atoms with Crippen LogP contribution in [0.25, 0.3) is 22.5 Å². The predicted octanol–water partition coefficient (Wildman–Crippen LogP) is 5.39. The summed E-state index contributed by atoms with van der Waals surface area (Å²) in [5.74, 6) is -0.0348. The molecule has 3 heterocycles. The van der Waals surface area contributed by atoms with Gasteiger partial charge in [-0.1, -0.05) is 41.6 Å². The van der Waals surface area contributed by atoms with Crippen LogP contribution in [0.15, 0.2) is 65.9 Å². The summed E-state index contributed by atoms with van der Waals surface area (Å²) < 4.78 is 6.92. The second-order valence-electron chi connectivity index (χ2n) is 7.95. The Bertz CT molecular complexity index is 1410. The number of aryl methyl sites for hydroxylation is 2. The zero-order chi connectivity index (χ0) is 25.7. The lowest BCUT2D eigenvalue weighted by Crippen LogP contribution is -2.16. The van der Waals surface area contributed by atoms with Crippen LogP contribution in [-0.2, 0) is 16.1 Å². The maximum atomic E-state index is 12.9. The SMILES string of the molecule is C=CCn1c(SCC(=O)Nc2scc(-c3cc(C)ccc3C)c2C(=O)OC)nnc1-c1cccnc1. The van der Waals surface area contributed by atoms with Gasteiger partial charge in [0.15, 0.2) is 11.0 Å². The van der Waals surface area contributed by atoms with Gasteiger partial charge < -0.3 is 10.1 Å². The number of rotatable bonds is 9. The van der Waals surface area contributed by atoms with Gasteiger partial charge in [-0.05, 0) is 37.1 Å². The highest BCUT2D eigenvalue weighted by atomic mass is 32.2. The van der Waals surface area contributed by atoms with Crippen molar-refractivity contribution in [3.8, 4) is 22.5 Å². The molecule has 0 aliphatic heterocycles. The van der Waals surface area contributed by atoms with Crippen molar-refractivity contribution in [2.75, 3.05) is 18.2 Å². The number of thiophene rings is 1. The fourth-order valence-electron chi connectivity index (χ4n) is 3.67. The molecule has 0 unspecified atom stereocenters. The predicted molar refractivity (Wildman–Crippen MR) is 143 cm³/mol. The number of pyridine rings is 1. The van der Waals surface area contributed by atoms with Gasteiger partial charge in [0.05, 0.1) is 12.9 Å². The number of ether oxygens (including phenoxy) is 1. The molecule has 4 rings (SSSR count). The minimum atomic E-state index is -0.498. The van der Waals surface area contributed by atoms with Crippen molar-refractivity contribution in [2.24, 2.45) is 0 Å². The summed E-state index contributed by atoms with van der Waals surface area (Å²) >= 11 is 2.55. The van der Waals surface area contributed by atoms with Crippen LogP contribution in [0.1, 0.15) is 21.5 Å². The molecule has 1 aromatic carbocycles. The van der Waals surface area contributed by atoms with Crippen molar-refractivity contribution in [1.29, 1.82) is 0 Å². The monoisotopic (exact) mass is 519 g/mol. The number of carbonyl (C=O) groups is 2. The molecule has 0 saturated carbocycles. The zero-order valence-corrected chi connectivity index (χ0v) is 21.8. The molecule has 8 nitrogen and oxygen atoms in total. The highest BCUT2D eigenvalue weighted by Gasteiger charge is 2.24. The summed E-state index contributed by atoms with van der Waals surface area (Å²) in [5, 5.41) is 14.3. The number of nitrogens with one attached hydrogen (secondary N) is 1. The van der Waals surface area contributed by atoms with E-state index in [0.29, 0.717) is 28.1 Å². The van der Waals surface area contributed by atoms with E-state index in [1.807, 2.05) is 54.1 Å². The van der Waals surface area contributed by atoms with Gasteiger partial charge in [-0.25, -0.2) is 4.79 Å². The van der Waals surface area contributed by atoms with E-state index in [4.69, 9.17) is 4.74 Å². The fourth-order valence-corrected chi connectivity index (χ4v) is 5.38. The number of carbonyl (C=O) groups excluding carboxylic acids is 2. The quantitative estimate of drug-likeness (QED) is 0.180. The van der Waals surface area contributed by atoms with Gasteiger partial charge in [-0.2, -0.15) is 0 Å². The van der Waals surface area contributed by atoms with Gasteiger partial charge in [0.25, 0.3) is 0 Å². The molecule has 0 saturated heterocycles. The molecule has 0 aliphatic rings. The third kappa shape index (κ3) is 5.39. The van der Waals surface area contributed by atoms with Crippen molar-refractivity contribution in [3.05, 3.63) is 77.5 Å². The maximum absolute atomic E-state index is 12.9. The van der Waals surface area contributed by atoms with E-state index in [9.17, 15) is 9.59 Å². The van der Waals surface area contributed by atoms with E-state index < -0.39 is 5.97 Å². The number of hydrogen-bond donors (Lipinski definition) is 1. The highest BCUT2D eigenvalue weighted by Crippen LogP contribution is 2.38. The molecule has 1 N–H and O–H groups in total. The van der Waals surface area contributed by atoms with Crippen molar-refractivity contribution in [1.82, 2.24) is 19.7 Å². The third-order valence-electron chi connectivity index (χ3n) is 5.40. The summed E-state index contributed by atoms with van der Waals surface area (Å²) in [6, 6.07) is 9.79. The number of thioether (sulfide) groups is 1. The summed E-state index contributed by atoms with van der Waals surface area (Å²) in [6.07, 6.45) is 5.15. The highest BCUT2D eigenvalue weighted by molar-refractivity contribution is 7.99. The minimum Gasteiger partial charge on any atom is -0.465 e. The lowest BCUT2D eigenvalue weighted by atomic mass is 9.97. The molecule has 10 heteroatoms. The van der Waals surface area contributed by atoms with Crippen molar-refractivity contribution >= 4 is 40.0 Å². The van der Waals surface area contributed by atoms with E-state index in [-0.39, 0.29) is 11.7 Å². The number of anilines is 1. The number of amides is 1. The summed E-state index contributed by atoms with van der Waals surface area (Å²) in [4.78, 5) is 29.7. The second kappa shape index (κ2) is 11.3. The van der Waals surface area contributed by atoms with E-state index >= 15 is 0 Å².